The molecule has 0 spiro atoms. The quantitative estimate of drug-likeness (QED) is 0.350. The van der Waals surface area contributed by atoms with E-state index in [0.29, 0.717) is 28.6 Å². The van der Waals surface area contributed by atoms with Crippen LogP contribution < -0.4 is 5.56 Å². The Kier molecular flexibility index (Phi) is 8.06. The minimum Gasteiger partial charge on any atom is -0.383 e. The molecule has 1 amide bonds. The number of carbonyl (C=O) groups excluding carboxylic acids is 1. The summed E-state index contributed by atoms with van der Waals surface area (Å²) >= 11 is 1.36. The second kappa shape index (κ2) is 11.2. The number of rotatable bonds is 8. The SMILES string of the molecule is COC[C@H](C)n1c(S[C@H](C)C(=O)N2CCC(Cc3ccccc3)CC2)nc2ccccc2c1=O. The Hall–Kier alpha value is -2.64. The summed E-state index contributed by atoms with van der Waals surface area (Å²) in [5, 5.41) is 0.807. The molecule has 1 aliphatic heterocycles. The molecule has 2 heterocycles. The number of para-hydroxylation sites is 1. The van der Waals surface area contributed by atoms with Gasteiger partial charge in [0.2, 0.25) is 5.91 Å². The number of methoxy groups -OCH3 is 1. The molecule has 1 aliphatic rings. The van der Waals surface area contributed by atoms with Crippen LogP contribution in [-0.2, 0) is 16.0 Å². The lowest BCUT2D eigenvalue weighted by Crippen LogP contribution is -2.42. The van der Waals surface area contributed by atoms with Crippen molar-refractivity contribution in [1.82, 2.24) is 14.5 Å². The van der Waals surface area contributed by atoms with Crippen LogP contribution in [-0.4, -0.2) is 52.4 Å². The Bertz CT molecular complexity index is 1170. The number of thioether (sulfide) groups is 1. The fraction of sp³-hybridized carbons (Fsp3) is 0.444. The summed E-state index contributed by atoms with van der Waals surface area (Å²) in [5.74, 6) is 0.716. The highest BCUT2D eigenvalue weighted by Crippen LogP contribution is 2.28. The van der Waals surface area contributed by atoms with Gasteiger partial charge in [0.15, 0.2) is 5.16 Å². The van der Waals surface area contributed by atoms with Crippen LogP contribution in [0.3, 0.4) is 0 Å². The third-order valence-electron chi connectivity index (χ3n) is 6.55. The number of amides is 1. The highest BCUT2D eigenvalue weighted by atomic mass is 32.2. The summed E-state index contributed by atoms with van der Waals surface area (Å²) in [5.41, 5.74) is 1.91. The zero-order valence-electron chi connectivity index (χ0n) is 20.1. The summed E-state index contributed by atoms with van der Waals surface area (Å²) in [4.78, 5) is 33.3. The normalized spacial score (nSPS) is 16.5. The molecule has 6 nitrogen and oxygen atoms in total. The average Bonchev–Trinajstić information content (AvgIpc) is 2.85. The molecule has 0 unspecified atom stereocenters. The highest BCUT2D eigenvalue weighted by molar-refractivity contribution is 8.00. The summed E-state index contributed by atoms with van der Waals surface area (Å²) in [6, 6.07) is 17.7. The number of likely N-dealkylation sites (tertiary alicyclic amines) is 1. The molecule has 1 saturated heterocycles. The Morgan fingerprint density at radius 1 is 1.09 bits per heavy atom. The summed E-state index contributed by atoms with van der Waals surface area (Å²) in [6.45, 7) is 5.80. The topological polar surface area (TPSA) is 64.4 Å². The fourth-order valence-corrected chi connectivity index (χ4v) is 5.78. The molecule has 2 aromatic carbocycles. The monoisotopic (exact) mass is 479 g/mol. The molecule has 3 aromatic rings. The van der Waals surface area contributed by atoms with Gasteiger partial charge in [-0.15, -0.1) is 0 Å². The van der Waals surface area contributed by atoms with E-state index in [-0.39, 0.29) is 22.8 Å². The van der Waals surface area contributed by atoms with Crippen molar-refractivity contribution in [2.45, 2.75) is 49.6 Å². The lowest BCUT2D eigenvalue weighted by atomic mass is 9.90. The summed E-state index contributed by atoms with van der Waals surface area (Å²) in [6.07, 6.45) is 3.10. The van der Waals surface area contributed by atoms with Gasteiger partial charge in [-0.3, -0.25) is 14.2 Å². The maximum absolute atomic E-state index is 13.3. The number of aromatic nitrogens is 2. The highest BCUT2D eigenvalue weighted by Gasteiger charge is 2.28. The lowest BCUT2D eigenvalue weighted by Gasteiger charge is -2.33. The first-order valence-electron chi connectivity index (χ1n) is 12.0. The van der Waals surface area contributed by atoms with Crippen LogP contribution >= 0.6 is 11.8 Å². The first-order chi connectivity index (χ1) is 16.5. The molecule has 0 bridgehead atoms. The molecule has 2 atom stereocenters. The predicted octanol–water partition coefficient (Wildman–Crippen LogP) is 4.57. The van der Waals surface area contributed by atoms with Crippen LogP contribution in [0.15, 0.2) is 64.5 Å². The third kappa shape index (κ3) is 5.53. The fourth-order valence-electron chi connectivity index (χ4n) is 4.68. The number of fused-ring (bicyclic) bond motifs is 1. The molecule has 4 rings (SSSR count). The number of piperidine rings is 1. The van der Waals surface area contributed by atoms with Crippen molar-refractivity contribution < 1.29 is 9.53 Å². The molecule has 7 heteroatoms. The summed E-state index contributed by atoms with van der Waals surface area (Å²) in [7, 11) is 1.62. The molecular weight excluding hydrogens is 446 g/mol. The minimum atomic E-state index is -0.334. The van der Waals surface area contributed by atoms with E-state index in [2.05, 4.69) is 24.3 Å². The van der Waals surface area contributed by atoms with Crippen LogP contribution in [0.1, 0.15) is 38.3 Å². The van der Waals surface area contributed by atoms with E-state index in [0.717, 1.165) is 32.4 Å². The first kappa shape index (κ1) is 24.5. The van der Waals surface area contributed by atoms with Gasteiger partial charge in [-0.1, -0.05) is 54.2 Å². The van der Waals surface area contributed by atoms with E-state index in [4.69, 9.17) is 9.72 Å². The molecule has 0 saturated carbocycles. The van der Waals surface area contributed by atoms with Gasteiger partial charge in [-0.05, 0) is 56.7 Å². The van der Waals surface area contributed by atoms with E-state index < -0.39 is 0 Å². The maximum atomic E-state index is 13.3. The molecule has 0 aliphatic carbocycles. The Morgan fingerprint density at radius 2 is 1.76 bits per heavy atom. The summed E-state index contributed by atoms with van der Waals surface area (Å²) < 4.78 is 6.98. The maximum Gasteiger partial charge on any atom is 0.262 e. The third-order valence-corrected chi connectivity index (χ3v) is 7.60. The lowest BCUT2D eigenvalue weighted by molar-refractivity contribution is -0.131. The largest absolute Gasteiger partial charge is 0.383 e. The second-order valence-electron chi connectivity index (χ2n) is 9.11. The average molecular weight is 480 g/mol. The van der Waals surface area contributed by atoms with Crippen LogP contribution in [0.4, 0.5) is 0 Å². The van der Waals surface area contributed by atoms with Gasteiger partial charge in [-0.25, -0.2) is 4.98 Å². The van der Waals surface area contributed by atoms with E-state index in [1.807, 2.05) is 43.0 Å². The standard InChI is InChI=1S/C27H33N3O3S/c1-19(18-33-3)30-26(32)23-11-7-8-12-24(23)28-27(30)34-20(2)25(31)29-15-13-22(14-16-29)17-21-9-5-4-6-10-21/h4-12,19-20,22H,13-18H2,1-3H3/t19-,20+/m0/s1. The van der Waals surface area contributed by atoms with Gasteiger partial charge in [-0.2, -0.15) is 0 Å². The van der Waals surface area contributed by atoms with Crippen molar-refractivity contribution in [2.75, 3.05) is 26.8 Å². The molecule has 0 N–H and O–H groups in total. The Balaban J connectivity index is 1.46. The molecule has 1 aromatic heterocycles. The minimum absolute atomic E-state index is 0.0981. The second-order valence-corrected chi connectivity index (χ2v) is 10.4. The van der Waals surface area contributed by atoms with Crippen molar-refractivity contribution in [2.24, 2.45) is 5.92 Å². The molecular formula is C27H33N3O3S. The molecule has 0 radical (unpaired) electrons. The van der Waals surface area contributed by atoms with Crippen LogP contribution in [0, 0.1) is 5.92 Å². The molecule has 180 valence electrons. The van der Waals surface area contributed by atoms with Gasteiger partial charge in [0.05, 0.1) is 28.8 Å². The number of benzene rings is 2. The van der Waals surface area contributed by atoms with Gasteiger partial charge < -0.3 is 9.64 Å². The van der Waals surface area contributed by atoms with Gasteiger partial charge in [0.25, 0.3) is 5.56 Å². The molecule has 1 fully saturated rings. The van der Waals surface area contributed by atoms with Crippen molar-refractivity contribution in [3.05, 3.63) is 70.5 Å². The van der Waals surface area contributed by atoms with Gasteiger partial charge in [0.1, 0.15) is 0 Å². The number of hydrogen-bond donors (Lipinski definition) is 0. The van der Waals surface area contributed by atoms with E-state index in [1.165, 1.54) is 17.3 Å². The molecule has 34 heavy (non-hydrogen) atoms. The predicted molar refractivity (Wildman–Crippen MR) is 137 cm³/mol. The number of nitrogens with zero attached hydrogens (tertiary/aromatic N) is 3. The zero-order valence-corrected chi connectivity index (χ0v) is 21.0. The van der Waals surface area contributed by atoms with Gasteiger partial charge in [0, 0.05) is 20.2 Å². The van der Waals surface area contributed by atoms with Crippen LogP contribution in [0.25, 0.3) is 10.9 Å². The Labute approximate surface area is 205 Å². The van der Waals surface area contributed by atoms with Crippen LogP contribution in [0.2, 0.25) is 0 Å². The van der Waals surface area contributed by atoms with E-state index >= 15 is 0 Å². The van der Waals surface area contributed by atoms with Crippen molar-refractivity contribution in [3.63, 3.8) is 0 Å². The number of carbonyl (C=O) groups is 1. The number of hydrogen-bond acceptors (Lipinski definition) is 5. The van der Waals surface area contributed by atoms with Crippen molar-refractivity contribution in [3.8, 4) is 0 Å². The van der Waals surface area contributed by atoms with E-state index in [9.17, 15) is 9.59 Å². The van der Waals surface area contributed by atoms with Crippen molar-refractivity contribution in [1.29, 1.82) is 0 Å². The zero-order chi connectivity index (χ0) is 24.1. The first-order valence-corrected chi connectivity index (χ1v) is 12.9. The van der Waals surface area contributed by atoms with Crippen LogP contribution in [0.5, 0.6) is 0 Å². The smallest absolute Gasteiger partial charge is 0.262 e. The van der Waals surface area contributed by atoms with Gasteiger partial charge >= 0.3 is 0 Å². The number of ether oxygens (including phenoxy) is 1. The Morgan fingerprint density at radius 3 is 2.47 bits per heavy atom. The van der Waals surface area contributed by atoms with E-state index in [1.54, 1.807) is 17.7 Å². The van der Waals surface area contributed by atoms with Crippen molar-refractivity contribution >= 4 is 28.6 Å².